The molecule has 0 bridgehead atoms. The predicted molar refractivity (Wildman–Crippen MR) is 109 cm³/mol. The minimum Gasteiger partial charge on any atom is -0.330 e. The summed E-state index contributed by atoms with van der Waals surface area (Å²) in [6.45, 7) is 3.79. The van der Waals surface area contributed by atoms with Crippen molar-refractivity contribution in [2.45, 2.75) is 39.2 Å². The molecule has 0 saturated carbocycles. The van der Waals surface area contributed by atoms with E-state index in [-0.39, 0.29) is 24.1 Å². The van der Waals surface area contributed by atoms with E-state index in [1.54, 1.807) is 18.2 Å². The van der Waals surface area contributed by atoms with Gasteiger partial charge in [-0.15, -0.1) is 0 Å². The van der Waals surface area contributed by atoms with Crippen LogP contribution in [0.2, 0.25) is 5.02 Å². The summed E-state index contributed by atoms with van der Waals surface area (Å²) in [7, 11) is 0. The highest BCUT2D eigenvalue weighted by molar-refractivity contribution is 6.31. The fourth-order valence-corrected chi connectivity index (χ4v) is 3.72. The molecule has 1 atom stereocenters. The average Bonchev–Trinajstić information content (AvgIpc) is 2.97. The van der Waals surface area contributed by atoms with E-state index in [2.05, 4.69) is 0 Å². The number of aryl methyl sites for hydroxylation is 1. The minimum atomic E-state index is -0.779. The maximum absolute atomic E-state index is 13.0. The van der Waals surface area contributed by atoms with Gasteiger partial charge in [0, 0.05) is 18.5 Å². The van der Waals surface area contributed by atoms with Crippen molar-refractivity contribution >= 4 is 35.0 Å². The molecule has 3 rings (SSSR count). The van der Waals surface area contributed by atoms with Crippen molar-refractivity contribution in [2.24, 2.45) is 0 Å². The van der Waals surface area contributed by atoms with Gasteiger partial charge >= 0.3 is 0 Å². The van der Waals surface area contributed by atoms with Crippen LogP contribution in [-0.2, 0) is 27.2 Å². The average molecular weight is 399 g/mol. The Morgan fingerprint density at radius 2 is 1.82 bits per heavy atom. The summed E-state index contributed by atoms with van der Waals surface area (Å²) >= 11 is 6.19. The van der Waals surface area contributed by atoms with Crippen molar-refractivity contribution in [2.75, 3.05) is 11.4 Å². The number of imide groups is 1. The molecular weight excluding hydrogens is 376 g/mol. The van der Waals surface area contributed by atoms with Gasteiger partial charge in [-0.3, -0.25) is 14.4 Å². The largest absolute Gasteiger partial charge is 0.330 e. The number of benzene rings is 2. The SMILES string of the molecule is CCc1ccc(N2C(=O)C[C@@H](N(CCc3ccccc3Cl)C(C)=O)C2=O)cc1. The van der Waals surface area contributed by atoms with E-state index in [1.165, 1.54) is 16.7 Å². The molecule has 146 valence electrons. The number of nitrogens with zero attached hydrogens (tertiary/aromatic N) is 2. The second-order valence-electron chi connectivity index (χ2n) is 6.86. The maximum Gasteiger partial charge on any atom is 0.257 e. The molecule has 2 aromatic rings. The van der Waals surface area contributed by atoms with E-state index in [4.69, 9.17) is 11.6 Å². The molecule has 1 heterocycles. The Bertz CT molecular complexity index is 895. The smallest absolute Gasteiger partial charge is 0.257 e. The van der Waals surface area contributed by atoms with Gasteiger partial charge in [-0.1, -0.05) is 48.9 Å². The zero-order chi connectivity index (χ0) is 20.3. The lowest BCUT2D eigenvalue weighted by atomic mass is 10.1. The van der Waals surface area contributed by atoms with Gasteiger partial charge in [0.2, 0.25) is 11.8 Å². The molecule has 5 nitrogen and oxygen atoms in total. The Morgan fingerprint density at radius 1 is 1.14 bits per heavy atom. The first-order chi connectivity index (χ1) is 13.4. The van der Waals surface area contributed by atoms with E-state index in [0.717, 1.165) is 17.5 Å². The molecule has 1 saturated heterocycles. The van der Waals surface area contributed by atoms with Crippen molar-refractivity contribution in [3.63, 3.8) is 0 Å². The minimum absolute atomic E-state index is 0.00351. The van der Waals surface area contributed by atoms with Gasteiger partial charge in [0.1, 0.15) is 6.04 Å². The molecule has 6 heteroatoms. The van der Waals surface area contributed by atoms with Gasteiger partial charge in [0.25, 0.3) is 5.91 Å². The number of hydrogen-bond acceptors (Lipinski definition) is 3. The number of hydrogen-bond donors (Lipinski definition) is 0. The number of rotatable bonds is 6. The molecule has 0 unspecified atom stereocenters. The molecule has 0 N–H and O–H groups in total. The van der Waals surface area contributed by atoms with Gasteiger partial charge in [-0.2, -0.15) is 0 Å². The summed E-state index contributed by atoms with van der Waals surface area (Å²) in [5, 5.41) is 0.623. The molecule has 1 aliphatic rings. The lowest BCUT2D eigenvalue weighted by Gasteiger charge is -2.26. The van der Waals surface area contributed by atoms with Crippen LogP contribution in [0.1, 0.15) is 31.4 Å². The normalized spacial score (nSPS) is 16.5. The van der Waals surface area contributed by atoms with Crippen molar-refractivity contribution < 1.29 is 14.4 Å². The van der Waals surface area contributed by atoms with Crippen molar-refractivity contribution in [3.05, 3.63) is 64.7 Å². The third-order valence-corrected chi connectivity index (χ3v) is 5.45. The Kier molecular flexibility index (Phi) is 6.15. The first-order valence-electron chi connectivity index (χ1n) is 9.38. The summed E-state index contributed by atoms with van der Waals surface area (Å²) in [4.78, 5) is 40.4. The Balaban J connectivity index is 1.78. The second kappa shape index (κ2) is 8.57. The number of carbonyl (C=O) groups excluding carboxylic acids is 3. The van der Waals surface area contributed by atoms with Crippen LogP contribution in [-0.4, -0.2) is 35.2 Å². The van der Waals surface area contributed by atoms with E-state index in [9.17, 15) is 14.4 Å². The first-order valence-corrected chi connectivity index (χ1v) is 9.76. The summed E-state index contributed by atoms with van der Waals surface area (Å²) in [6, 6.07) is 14.0. The molecule has 0 aliphatic carbocycles. The number of carbonyl (C=O) groups is 3. The van der Waals surface area contributed by atoms with Crippen LogP contribution in [0.4, 0.5) is 5.69 Å². The Hall–Kier alpha value is -2.66. The molecular formula is C22H23ClN2O3. The van der Waals surface area contributed by atoms with Crippen LogP contribution < -0.4 is 4.90 Å². The molecule has 0 radical (unpaired) electrons. The fraction of sp³-hybridized carbons (Fsp3) is 0.318. The maximum atomic E-state index is 13.0. The van der Waals surface area contributed by atoms with Gasteiger partial charge in [-0.25, -0.2) is 4.90 Å². The molecule has 1 fully saturated rings. The van der Waals surface area contributed by atoms with E-state index in [0.29, 0.717) is 23.7 Å². The number of anilines is 1. The van der Waals surface area contributed by atoms with Crippen LogP contribution in [0, 0.1) is 0 Å². The topological polar surface area (TPSA) is 57.7 Å². The monoisotopic (exact) mass is 398 g/mol. The summed E-state index contributed by atoms with van der Waals surface area (Å²) in [5.41, 5.74) is 2.58. The van der Waals surface area contributed by atoms with Gasteiger partial charge in [-0.05, 0) is 42.2 Å². The molecule has 2 aromatic carbocycles. The number of halogens is 1. The van der Waals surface area contributed by atoms with Crippen LogP contribution in [0.25, 0.3) is 0 Å². The standard InChI is InChI=1S/C22H23ClN2O3/c1-3-16-8-10-18(11-9-16)25-21(27)14-20(22(25)28)24(15(2)26)13-12-17-6-4-5-7-19(17)23/h4-11,20H,3,12-14H2,1-2H3/t20-/m1/s1. The second-order valence-corrected chi connectivity index (χ2v) is 7.27. The van der Waals surface area contributed by atoms with Crippen molar-refractivity contribution in [3.8, 4) is 0 Å². The van der Waals surface area contributed by atoms with Crippen molar-refractivity contribution in [1.29, 1.82) is 0 Å². The van der Waals surface area contributed by atoms with Gasteiger partial charge < -0.3 is 4.90 Å². The molecule has 0 aromatic heterocycles. The van der Waals surface area contributed by atoms with Crippen LogP contribution >= 0.6 is 11.6 Å². The van der Waals surface area contributed by atoms with Crippen LogP contribution in [0.3, 0.4) is 0 Å². The summed E-state index contributed by atoms with van der Waals surface area (Å²) in [6.07, 6.45) is 1.39. The highest BCUT2D eigenvalue weighted by Gasteiger charge is 2.43. The zero-order valence-corrected chi connectivity index (χ0v) is 16.8. The quantitative estimate of drug-likeness (QED) is 0.698. The Morgan fingerprint density at radius 3 is 2.43 bits per heavy atom. The fourth-order valence-electron chi connectivity index (χ4n) is 3.49. The number of amides is 3. The molecule has 1 aliphatic heterocycles. The zero-order valence-electron chi connectivity index (χ0n) is 16.0. The molecule has 3 amide bonds. The van der Waals surface area contributed by atoms with E-state index >= 15 is 0 Å². The van der Waals surface area contributed by atoms with E-state index in [1.807, 2.05) is 37.3 Å². The van der Waals surface area contributed by atoms with Gasteiger partial charge in [0.05, 0.1) is 12.1 Å². The lowest BCUT2D eigenvalue weighted by molar-refractivity contribution is -0.136. The highest BCUT2D eigenvalue weighted by Crippen LogP contribution is 2.27. The molecule has 28 heavy (non-hydrogen) atoms. The third kappa shape index (κ3) is 4.09. The van der Waals surface area contributed by atoms with Crippen molar-refractivity contribution in [1.82, 2.24) is 4.90 Å². The predicted octanol–water partition coefficient (Wildman–Crippen LogP) is 3.63. The summed E-state index contributed by atoms with van der Waals surface area (Å²) < 4.78 is 0. The van der Waals surface area contributed by atoms with E-state index < -0.39 is 6.04 Å². The first kappa shape index (κ1) is 20.1. The lowest BCUT2D eigenvalue weighted by Crippen LogP contribution is -2.45. The highest BCUT2D eigenvalue weighted by atomic mass is 35.5. The third-order valence-electron chi connectivity index (χ3n) is 5.09. The molecule has 0 spiro atoms. The van der Waals surface area contributed by atoms with Crippen LogP contribution in [0.5, 0.6) is 0 Å². The van der Waals surface area contributed by atoms with Crippen LogP contribution in [0.15, 0.2) is 48.5 Å². The van der Waals surface area contributed by atoms with Gasteiger partial charge in [0.15, 0.2) is 0 Å². The summed E-state index contributed by atoms with van der Waals surface area (Å²) in [5.74, 6) is -0.881. The Labute approximate surface area is 169 Å².